The van der Waals surface area contributed by atoms with Gasteiger partial charge in [-0.05, 0) is 50.6 Å². The summed E-state index contributed by atoms with van der Waals surface area (Å²) < 4.78 is 33.3. The van der Waals surface area contributed by atoms with Crippen LogP contribution in [0.15, 0.2) is 47.1 Å². The highest BCUT2D eigenvalue weighted by molar-refractivity contribution is 7.87. The second-order valence-corrected chi connectivity index (χ2v) is 7.44. The standard InChI is InChI=1S/C17H21NO5S/c1-4-24(20,21)23-15-8-5-7-14(11-15)12-18(13(2)3)17(19)16-9-6-10-22-16/h5-11,13H,4,12H2,1-3H3. The van der Waals surface area contributed by atoms with Crippen molar-refractivity contribution in [1.29, 1.82) is 0 Å². The van der Waals surface area contributed by atoms with Crippen LogP contribution in [0.25, 0.3) is 0 Å². The third-order valence-corrected chi connectivity index (χ3v) is 4.60. The number of hydrogen-bond acceptors (Lipinski definition) is 5. The Morgan fingerprint density at radius 3 is 2.58 bits per heavy atom. The molecule has 0 N–H and O–H groups in total. The van der Waals surface area contributed by atoms with Crippen molar-refractivity contribution in [2.24, 2.45) is 0 Å². The van der Waals surface area contributed by atoms with Crippen LogP contribution in [0.2, 0.25) is 0 Å². The van der Waals surface area contributed by atoms with Gasteiger partial charge in [0.15, 0.2) is 5.76 Å². The quantitative estimate of drug-likeness (QED) is 0.717. The largest absolute Gasteiger partial charge is 0.459 e. The third-order valence-electron chi connectivity index (χ3n) is 3.44. The summed E-state index contributed by atoms with van der Waals surface area (Å²) in [6, 6.07) is 9.94. The molecule has 2 rings (SSSR count). The lowest BCUT2D eigenvalue weighted by Crippen LogP contribution is -2.36. The molecule has 0 saturated carbocycles. The van der Waals surface area contributed by atoms with Gasteiger partial charge in [-0.1, -0.05) is 12.1 Å². The molecule has 1 heterocycles. The lowest BCUT2D eigenvalue weighted by Gasteiger charge is -2.26. The Morgan fingerprint density at radius 1 is 1.25 bits per heavy atom. The van der Waals surface area contributed by atoms with Crippen molar-refractivity contribution in [3.8, 4) is 5.75 Å². The number of carbonyl (C=O) groups is 1. The molecule has 6 nitrogen and oxygen atoms in total. The van der Waals surface area contributed by atoms with E-state index in [-0.39, 0.29) is 29.2 Å². The zero-order valence-electron chi connectivity index (χ0n) is 13.9. The number of carbonyl (C=O) groups excluding carboxylic acids is 1. The number of amides is 1. The molecule has 130 valence electrons. The maximum absolute atomic E-state index is 12.5. The highest BCUT2D eigenvalue weighted by atomic mass is 32.2. The van der Waals surface area contributed by atoms with Gasteiger partial charge in [0.25, 0.3) is 5.91 Å². The summed E-state index contributed by atoms with van der Waals surface area (Å²) in [6.45, 7) is 5.65. The first kappa shape index (κ1) is 18.1. The van der Waals surface area contributed by atoms with Crippen LogP contribution in [0.4, 0.5) is 0 Å². The van der Waals surface area contributed by atoms with E-state index < -0.39 is 10.1 Å². The third kappa shape index (κ3) is 4.61. The van der Waals surface area contributed by atoms with Gasteiger partial charge in [-0.15, -0.1) is 0 Å². The van der Waals surface area contributed by atoms with Crippen LogP contribution in [0.3, 0.4) is 0 Å². The smallest absolute Gasteiger partial charge is 0.308 e. The summed E-state index contributed by atoms with van der Waals surface area (Å²) in [5, 5.41) is 0. The molecule has 0 radical (unpaired) electrons. The Labute approximate surface area is 142 Å². The van der Waals surface area contributed by atoms with Gasteiger partial charge in [0.1, 0.15) is 5.75 Å². The molecule has 0 fully saturated rings. The highest BCUT2D eigenvalue weighted by Gasteiger charge is 2.21. The minimum Gasteiger partial charge on any atom is -0.459 e. The summed E-state index contributed by atoms with van der Waals surface area (Å²) in [6.07, 6.45) is 1.45. The molecule has 0 unspecified atom stereocenters. The average molecular weight is 351 g/mol. The van der Waals surface area contributed by atoms with Gasteiger partial charge in [-0.25, -0.2) is 0 Å². The summed E-state index contributed by atoms with van der Waals surface area (Å²) in [5.74, 6) is 0.183. The van der Waals surface area contributed by atoms with Gasteiger partial charge >= 0.3 is 10.1 Å². The molecule has 0 atom stereocenters. The average Bonchev–Trinajstić information content (AvgIpc) is 3.06. The van der Waals surface area contributed by atoms with E-state index in [1.807, 2.05) is 19.9 Å². The Hall–Kier alpha value is -2.28. The van der Waals surface area contributed by atoms with E-state index in [1.165, 1.54) is 13.2 Å². The number of rotatable bonds is 7. The van der Waals surface area contributed by atoms with Crippen LogP contribution in [0.1, 0.15) is 36.9 Å². The molecule has 0 spiro atoms. The molecule has 2 aromatic rings. The topological polar surface area (TPSA) is 76.8 Å². The molecular formula is C17H21NO5S. The Kier molecular flexibility index (Phi) is 5.66. The van der Waals surface area contributed by atoms with Crippen LogP contribution >= 0.6 is 0 Å². The fourth-order valence-corrected chi connectivity index (χ4v) is 2.64. The molecule has 24 heavy (non-hydrogen) atoms. The van der Waals surface area contributed by atoms with Crippen LogP contribution in [-0.2, 0) is 16.7 Å². The second kappa shape index (κ2) is 7.53. The first-order chi connectivity index (χ1) is 11.3. The van der Waals surface area contributed by atoms with E-state index >= 15 is 0 Å². The summed E-state index contributed by atoms with van der Waals surface area (Å²) in [4.78, 5) is 14.2. The van der Waals surface area contributed by atoms with Crippen molar-refractivity contribution in [3.05, 3.63) is 54.0 Å². The summed E-state index contributed by atoms with van der Waals surface area (Å²) in [5.41, 5.74) is 0.771. The molecule has 0 bridgehead atoms. The molecule has 0 aliphatic heterocycles. The maximum Gasteiger partial charge on any atom is 0.308 e. The second-order valence-electron chi connectivity index (χ2n) is 5.58. The van der Waals surface area contributed by atoms with E-state index in [9.17, 15) is 13.2 Å². The van der Waals surface area contributed by atoms with Crippen molar-refractivity contribution in [2.45, 2.75) is 33.4 Å². The normalized spacial score (nSPS) is 11.5. The van der Waals surface area contributed by atoms with Crippen LogP contribution < -0.4 is 4.18 Å². The van der Waals surface area contributed by atoms with Gasteiger partial charge in [0.2, 0.25) is 0 Å². The first-order valence-corrected chi connectivity index (χ1v) is 9.25. The van der Waals surface area contributed by atoms with Gasteiger partial charge < -0.3 is 13.5 Å². The van der Waals surface area contributed by atoms with Gasteiger partial charge in [-0.3, -0.25) is 4.79 Å². The van der Waals surface area contributed by atoms with E-state index in [4.69, 9.17) is 8.60 Å². The molecule has 1 aromatic heterocycles. The molecule has 7 heteroatoms. The lowest BCUT2D eigenvalue weighted by molar-refractivity contribution is 0.0657. The monoisotopic (exact) mass is 351 g/mol. The lowest BCUT2D eigenvalue weighted by atomic mass is 10.1. The Bertz CT molecular complexity index is 781. The zero-order valence-corrected chi connectivity index (χ0v) is 14.7. The minimum atomic E-state index is -3.58. The van der Waals surface area contributed by atoms with Gasteiger partial charge in [0, 0.05) is 12.6 Å². The summed E-state index contributed by atoms with van der Waals surface area (Å²) in [7, 11) is -3.58. The van der Waals surface area contributed by atoms with Crippen molar-refractivity contribution in [1.82, 2.24) is 4.90 Å². The molecule has 0 saturated heterocycles. The first-order valence-electron chi connectivity index (χ1n) is 7.68. The number of hydrogen-bond donors (Lipinski definition) is 0. The molecule has 1 aromatic carbocycles. The zero-order chi connectivity index (χ0) is 17.7. The number of furan rings is 1. The predicted octanol–water partition coefficient (Wildman–Crippen LogP) is 3.06. The minimum absolute atomic E-state index is 0.0495. The van der Waals surface area contributed by atoms with Crippen molar-refractivity contribution >= 4 is 16.0 Å². The van der Waals surface area contributed by atoms with Crippen molar-refractivity contribution in [3.63, 3.8) is 0 Å². The molecule has 1 amide bonds. The summed E-state index contributed by atoms with van der Waals surface area (Å²) >= 11 is 0. The Morgan fingerprint density at radius 2 is 2.00 bits per heavy atom. The van der Waals surface area contributed by atoms with E-state index in [0.717, 1.165) is 5.56 Å². The number of nitrogens with zero attached hydrogens (tertiary/aromatic N) is 1. The van der Waals surface area contributed by atoms with E-state index in [1.54, 1.807) is 35.2 Å². The fourth-order valence-electron chi connectivity index (χ4n) is 2.13. The predicted molar refractivity (Wildman–Crippen MR) is 90.2 cm³/mol. The van der Waals surface area contributed by atoms with Crippen molar-refractivity contribution in [2.75, 3.05) is 5.75 Å². The Balaban J connectivity index is 2.20. The van der Waals surface area contributed by atoms with Gasteiger partial charge in [0.05, 0.1) is 12.0 Å². The highest BCUT2D eigenvalue weighted by Crippen LogP contribution is 2.19. The van der Waals surface area contributed by atoms with Crippen LogP contribution in [-0.4, -0.2) is 31.0 Å². The van der Waals surface area contributed by atoms with Crippen LogP contribution in [0.5, 0.6) is 5.75 Å². The fraction of sp³-hybridized carbons (Fsp3) is 0.353. The number of benzene rings is 1. The van der Waals surface area contributed by atoms with Crippen molar-refractivity contribution < 1.29 is 21.8 Å². The SMILES string of the molecule is CCS(=O)(=O)Oc1cccc(CN(C(=O)c2ccco2)C(C)C)c1. The maximum atomic E-state index is 12.5. The van der Waals surface area contributed by atoms with Crippen LogP contribution in [0, 0.1) is 0 Å². The molecule has 0 aliphatic rings. The van der Waals surface area contributed by atoms with E-state index in [2.05, 4.69) is 0 Å². The van der Waals surface area contributed by atoms with Gasteiger partial charge in [-0.2, -0.15) is 8.42 Å². The molecular weight excluding hydrogens is 330 g/mol. The van der Waals surface area contributed by atoms with E-state index in [0.29, 0.717) is 6.54 Å². The molecule has 0 aliphatic carbocycles.